The fourth-order valence-electron chi connectivity index (χ4n) is 1.18. The molecule has 0 aromatic heterocycles. The highest BCUT2D eigenvalue weighted by molar-refractivity contribution is 5.79. The van der Waals surface area contributed by atoms with Gasteiger partial charge < -0.3 is 21.9 Å². The Bertz CT molecular complexity index is 317. The number of hydrogen-bond donors (Lipinski definition) is 3. The molecule has 0 heterocycles. The second-order valence-corrected chi connectivity index (χ2v) is 4.69. The van der Waals surface area contributed by atoms with E-state index < -0.39 is 29.6 Å². The van der Waals surface area contributed by atoms with Gasteiger partial charge in [-0.05, 0) is 33.1 Å². The van der Waals surface area contributed by atoms with Crippen LogP contribution in [0.5, 0.6) is 0 Å². The lowest BCUT2D eigenvalue weighted by Gasteiger charge is -2.21. The molecule has 0 aliphatic carbocycles. The summed E-state index contributed by atoms with van der Waals surface area (Å²) in [4.78, 5) is 32.7. The van der Waals surface area contributed by atoms with Crippen LogP contribution in [-0.2, 0) is 19.1 Å². The van der Waals surface area contributed by atoms with Crippen LogP contribution in [0.15, 0.2) is 0 Å². The van der Waals surface area contributed by atoms with Gasteiger partial charge >= 0.3 is 5.97 Å². The second-order valence-electron chi connectivity index (χ2n) is 4.69. The van der Waals surface area contributed by atoms with Crippen LogP contribution >= 0.6 is 0 Å². The van der Waals surface area contributed by atoms with Gasteiger partial charge in [0.15, 0.2) is 11.9 Å². The summed E-state index contributed by atoms with van der Waals surface area (Å²) in [6.07, 6.45) is 1.67. The third-order valence-corrected chi connectivity index (χ3v) is 2.35. The molecule has 104 valence electrons. The Balaban J connectivity index is 4.03. The molecular formula is C11H21N3O4. The maximum atomic E-state index is 11.5. The SMILES string of the molecule is CC(C)(C=O)OC(=O)C(N)CCC[C@H](N)C(N)=O. The molecule has 6 N–H and O–H groups in total. The van der Waals surface area contributed by atoms with Gasteiger partial charge in [0.25, 0.3) is 0 Å². The van der Waals surface area contributed by atoms with Crippen molar-refractivity contribution in [1.82, 2.24) is 0 Å². The fourth-order valence-corrected chi connectivity index (χ4v) is 1.18. The van der Waals surface area contributed by atoms with Crippen molar-refractivity contribution in [3.8, 4) is 0 Å². The van der Waals surface area contributed by atoms with Gasteiger partial charge in [0, 0.05) is 0 Å². The second kappa shape index (κ2) is 7.07. The lowest BCUT2D eigenvalue weighted by molar-refractivity contribution is -0.160. The maximum Gasteiger partial charge on any atom is 0.323 e. The molecule has 0 saturated heterocycles. The third-order valence-electron chi connectivity index (χ3n) is 2.35. The predicted molar refractivity (Wildman–Crippen MR) is 65.2 cm³/mol. The third kappa shape index (κ3) is 6.31. The summed E-state index contributed by atoms with van der Waals surface area (Å²) in [6.45, 7) is 2.93. The van der Waals surface area contributed by atoms with E-state index in [9.17, 15) is 14.4 Å². The summed E-state index contributed by atoms with van der Waals surface area (Å²) in [5.41, 5.74) is 14.8. The van der Waals surface area contributed by atoms with Crippen molar-refractivity contribution in [2.24, 2.45) is 17.2 Å². The molecule has 2 atom stereocenters. The number of carbonyl (C=O) groups is 3. The summed E-state index contributed by atoms with van der Waals surface area (Å²) in [6, 6.07) is -1.58. The number of aldehydes is 1. The highest BCUT2D eigenvalue weighted by atomic mass is 16.6. The van der Waals surface area contributed by atoms with Crippen molar-refractivity contribution in [3.63, 3.8) is 0 Å². The molecule has 0 aliphatic rings. The molecule has 0 radical (unpaired) electrons. The number of hydrogen-bond acceptors (Lipinski definition) is 6. The molecule has 0 rings (SSSR count). The smallest absolute Gasteiger partial charge is 0.323 e. The van der Waals surface area contributed by atoms with E-state index in [-0.39, 0.29) is 0 Å². The van der Waals surface area contributed by atoms with Gasteiger partial charge in [-0.1, -0.05) is 0 Å². The van der Waals surface area contributed by atoms with Crippen LogP contribution < -0.4 is 17.2 Å². The van der Waals surface area contributed by atoms with Crippen LogP contribution in [0.2, 0.25) is 0 Å². The Labute approximate surface area is 106 Å². The summed E-state index contributed by atoms with van der Waals surface area (Å²) < 4.78 is 4.90. The van der Waals surface area contributed by atoms with Crippen LogP contribution in [0.4, 0.5) is 0 Å². The Hall–Kier alpha value is -1.47. The Kier molecular flexibility index (Phi) is 6.50. The first kappa shape index (κ1) is 16.5. The standard InChI is InChI=1S/C11H21N3O4/c1-11(2,6-15)18-10(17)8(13)5-3-4-7(12)9(14)16/h6-8H,3-5,12-13H2,1-2H3,(H2,14,16)/t7-,8?/m0/s1. The van der Waals surface area contributed by atoms with Crippen molar-refractivity contribution in [2.45, 2.75) is 50.8 Å². The van der Waals surface area contributed by atoms with Crippen molar-refractivity contribution >= 4 is 18.2 Å². The first-order chi connectivity index (χ1) is 8.19. The minimum Gasteiger partial charge on any atom is -0.451 e. The summed E-state index contributed by atoms with van der Waals surface area (Å²) in [5, 5.41) is 0. The number of carbonyl (C=O) groups excluding carboxylic acids is 3. The number of amides is 1. The lowest BCUT2D eigenvalue weighted by atomic mass is 10.1. The minimum atomic E-state index is -1.18. The highest BCUT2D eigenvalue weighted by Gasteiger charge is 2.25. The van der Waals surface area contributed by atoms with Gasteiger partial charge in [-0.25, -0.2) is 0 Å². The highest BCUT2D eigenvalue weighted by Crippen LogP contribution is 2.09. The Morgan fingerprint density at radius 3 is 2.17 bits per heavy atom. The van der Waals surface area contributed by atoms with E-state index in [1.165, 1.54) is 13.8 Å². The summed E-state index contributed by atoms with van der Waals surface area (Å²) >= 11 is 0. The molecular weight excluding hydrogens is 238 g/mol. The average molecular weight is 259 g/mol. The zero-order chi connectivity index (χ0) is 14.3. The topological polar surface area (TPSA) is 138 Å². The molecule has 1 unspecified atom stereocenters. The van der Waals surface area contributed by atoms with E-state index in [0.717, 1.165) is 0 Å². The van der Waals surface area contributed by atoms with Gasteiger partial charge in [-0.15, -0.1) is 0 Å². The molecule has 0 aliphatic heterocycles. The van der Waals surface area contributed by atoms with E-state index in [4.69, 9.17) is 21.9 Å². The molecule has 1 amide bonds. The normalized spacial score (nSPS) is 14.7. The molecule has 0 aromatic rings. The van der Waals surface area contributed by atoms with E-state index >= 15 is 0 Å². The van der Waals surface area contributed by atoms with E-state index in [0.29, 0.717) is 25.5 Å². The van der Waals surface area contributed by atoms with Crippen molar-refractivity contribution in [2.75, 3.05) is 0 Å². The number of esters is 1. The molecule has 0 saturated carbocycles. The summed E-state index contributed by atoms with van der Waals surface area (Å²) in [7, 11) is 0. The van der Waals surface area contributed by atoms with Crippen molar-refractivity contribution in [1.29, 1.82) is 0 Å². The number of nitrogens with two attached hydrogens (primary N) is 3. The van der Waals surface area contributed by atoms with Crippen molar-refractivity contribution in [3.05, 3.63) is 0 Å². The average Bonchev–Trinajstić information content (AvgIpc) is 2.27. The number of primary amides is 1. The molecule has 0 spiro atoms. The molecule has 7 heteroatoms. The maximum absolute atomic E-state index is 11.5. The van der Waals surface area contributed by atoms with Crippen LogP contribution in [0.25, 0.3) is 0 Å². The Morgan fingerprint density at radius 2 is 1.72 bits per heavy atom. The quantitative estimate of drug-likeness (QED) is 0.370. The predicted octanol–water partition coefficient (Wildman–Crippen LogP) is -1.18. The monoisotopic (exact) mass is 259 g/mol. The van der Waals surface area contributed by atoms with E-state index in [1.807, 2.05) is 0 Å². The van der Waals surface area contributed by atoms with Crippen LogP contribution in [0.1, 0.15) is 33.1 Å². The molecule has 7 nitrogen and oxygen atoms in total. The first-order valence-corrected chi connectivity index (χ1v) is 5.69. The lowest BCUT2D eigenvalue weighted by Crippen LogP contribution is -2.40. The minimum absolute atomic E-state index is 0.314. The van der Waals surface area contributed by atoms with Crippen LogP contribution in [-0.4, -0.2) is 35.8 Å². The van der Waals surface area contributed by atoms with Gasteiger partial charge in [0.05, 0.1) is 6.04 Å². The van der Waals surface area contributed by atoms with Gasteiger partial charge in [-0.3, -0.25) is 14.4 Å². The zero-order valence-corrected chi connectivity index (χ0v) is 10.7. The van der Waals surface area contributed by atoms with Gasteiger partial charge in [-0.2, -0.15) is 0 Å². The van der Waals surface area contributed by atoms with E-state index in [2.05, 4.69) is 0 Å². The fraction of sp³-hybridized carbons (Fsp3) is 0.727. The number of ether oxygens (including phenoxy) is 1. The molecule has 0 bridgehead atoms. The first-order valence-electron chi connectivity index (χ1n) is 5.69. The van der Waals surface area contributed by atoms with Crippen molar-refractivity contribution < 1.29 is 19.1 Å². The van der Waals surface area contributed by atoms with Crippen LogP contribution in [0, 0.1) is 0 Å². The molecule has 0 aromatic carbocycles. The number of rotatable bonds is 8. The van der Waals surface area contributed by atoms with Crippen LogP contribution in [0.3, 0.4) is 0 Å². The molecule has 18 heavy (non-hydrogen) atoms. The van der Waals surface area contributed by atoms with E-state index in [1.54, 1.807) is 0 Å². The largest absolute Gasteiger partial charge is 0.451 e. The summed E-state index contributed by atoms with van der Waals surface area (Å²) in [5.74, 6) is -1.24. The van der Waals surface area contributed by atoms with Gasteiger partial charge in [0.1, 0.15) is 6.04 Å². The molecule has 0 fully saturated rings. The Morgan fingerprint density at radius 1 is 1.22 bits per heavy atom. The zero-order valence-electron chi connectivity index (χ0n) is 10.7. The van der Waals surface area contributed by atoms with Gasteiger partial charge in [0.2, 0.25) is 5.91 Å².